The summed E-state index contributed by atoms with van der Waals surface area (Å²) >= 11 is 0. The lowest BCUT2D eigenvalue weighted by atomic mass is 10.1. The van der Waals surface area contributed by atoms with Crippen molar-refractivity contribution in [2.24, 2.45) is 0 Å². The first-order valence-electron chi connectivity index (χ1n) is 7.37. The summed E-state index contributed by atoms with van der Waals surface area (Å²) in [5.41, 5.74) is -1.25. The standard InChI is InChI=1S/C17H10N2O7/c1-23-15-13-7(3-4-11(20)25-13)5-9-8-6-10(16(21)24-2)18-19-12(8)17(22)26-14(9)15/h3-6H,1-2H3. The summed E-state index contributed by atoms with van der Waals surface area (Å²) in [7, 11) is 2.57. The highest BCUT2D eigenvalue weighted by molar-refractivity contribution is 6.11. The monoisotopic (exact) mass is 354 g/mol. The van der Waals surface area contributed by atoms with Gasteiger partial charge in [-0.2, -0.15) is 0 Å². The lowest BCUT2D eigenvalue weighted by molar-refractivity contribution is 0.0593. The van der Waals surface area contributed by atoms with Crippen LogP contribution in [0.4, 0.5) is 0 Å². The molecule has 0 atom stereocenters. The number of methoxy groups -OCH3 is 2. The van der Waals surface area contributed by atoms with Crippen molar-refractivity contribution in [3.05, 3.63) is 50.8 Å². The summed E-state index contributed by atoms with van der Waals surface area (Å²) in [6.07, 6.45) is 0. The van der Waals surface area contributed by atoms with Gasteiger partial charge in [0.15, 0.2) is 22.4 Å². The number of hydrogen-bond acceptors (Lipinski definition) is 9. The van der Waals surface area contributed by atoms with Crippen molar-refractivity contribution >= 4 is 38.8 Å². The third kappa shape index (κ3) is 2.21. The molecule has 0 saturated carbocycles. The van der Waals surface area contributed by atoms with E-state index in [0.29, 0.717) is 16.2 Å². The minimum atomic E-state index is -0.771. The van der Waals surface area contributed by atoms with E-state index in [0.717, 1.165) is 0 Å². The molecule has 1 aromatic carbocycles. The van der Waals surface area contributed by atoms with Gasteiger partial charge in [0.25, 0.3) is 0 Å². The van der Waals surface area contributed by atoms with E-state index in [1.165, 1.54) is 26.4 Å². The zero-order valence-corrected chi connectivity index (χ0v) is 13.6. The van der Waals surface area contributed by atoms with E-state index in [-0.39, 0.29) is 28.1 Å². The topological polar surface area (TPSA) is 122 Å². The minimum Gasteiger partial charge on any atom is -0.490 e. The zero-order chi connectivity index (χ0) is 18.4. The van der Waals surface area contributed by atoms with Crippen LogP contribution in [0.1, 0.15) is 10.5 Å². The van der Waals surface area contributed by atoms with E-state index in [9.17, 15) is 14.4 Å². The molecule has 3 aromatic heterocycles. The van der Waals surface area contributed by atoms with Crippen LogP contribution in [0.25, 0.3) is 32.8 Å². The van der Waals surface area contributed by atoms with Gasteiger partial charge in [0.05, 0.1) is 14.2 Å². The molecule has 0 bridgehead atoms. The summed E-state index contributed by atoms with van der Waals surface area (Å²) < 4.78 is 20.4. The highest BCUT2D eigenvalue weighted by atomic mass is 16.5. The molecule has 0 fully saturated rings. The maximum Gasteiger partial charge on any atom is 0.365 e. The van der Waals surface area contributed by atoms with Gasteiger partial charge in [0, 0.05) is 22.2 Å². The smallest absolute Gasteiger partial charge is 0.365 e. The molecule has 9 nitrogen and oxygen atoms in total. The second-order valence-electron chi connectivity index (χ2n) is 5.33. The molecule has 9 heteroatoms. The third-order valence-corrected chi connectivity index (χ3v) is 3.89. The van der Waals surface area contributed by atoms with Crippen LogP contribution in [0.5, 0.6) is 5.75 Å². The van der Waals surface area contributed by atoms with E-state index < -0.39 is 17.2 Å². The normalized spacial score (nSPS) is 11.2. The van der Waals surface area contributed by atoms with Gasteiger partial charge in [0.2, 0.25) is 5.75 Å². The Labute approximate surface area is 143 Å². The molecule has 0 N–H and O–H groups in total. The molecule has 0 radical (unpaired) electrons. The van der Waals surface area contributed by atoms with E-state index in [4.69, 9.17) is 13.6 Å². The van der Waals surface area contributed by atoms with Crippen molar-refractivity contribution in [2.75, 3.05) is 14.2 Å². The molecule has 26 heavy (non-hydrogen) atoms. The van der Waals surface area contributed by atoms with Crippen LogP contribution < -0.4 is 16.0 Å². The summed E-state index contributed by atoms with van der Waals surface area (Å²) in [5.74, 6) is -0.606. The fourth-order valence-corrected chi connectivity index (χ4v) is 2.74. The quantitative estimate of drug-likeness (QED) is 0.229. The second kappa shape index (κ2) is 5.66. The highest BCUT2D eigenvalue weighted by Gasteiger charge is 2.20. The first-order valence-corrected chi connectivity index (χ1v) is 7.37. The number of ether oxygens (including phenoxy) is 2. The first-order chi connectivity index (χ1) is 12.5. The predicted molar refractivity (Wildman–Crippen MR) is 89.5 cm³/mol. The Morgan fingerprint density at radius 1 is 1.00 bits per heavy atom. The molecular formula is C17H10N2O7. The molecule has 0 spiro atoms. The molecule has 0 unspecified atom stereocenters. The number of rotatable bonds is 2. The van der Waals surface area contributed by atoms with Crippen LogP contribution >= 0.6 is 0 Å². The fraction of sp³-hybridized carbons (Fsp3) is 0.118. The zero-order valence-electron chi connectivity index (χ0n) is 13.6. The molecule has 0 saturated heterocycles. The Bertz CT molecular complexity index is 1320. The van der Waals surface area contributed by atoms with Gasteiger partial charge in [0.1, 0.15) is 0 Å². The van der Waals surface area contributed by atoms with E-state index >= 15 is 0 Å². The number of hydrogen-bond donors (Lipinski definition) is 0. The number of esters is 1. The van der Waals surface area contributed by atoms with Gasteiger partial charge in [-0.3, -0.25) is 0 Å². The van der Waals surface area contributed by atoms with Crippen LogP contribution in [-0.2, 0) is 4.74 Å². The van der Waals surface area contributed by atoms with E-state index in [1.807, 2.05) is 0 Å². The lowest BCUT2D eigenvalue weighted by Crippen LogP contribution is -2.10. The average Bonchev–Trinajstić information content (AvgIpc) is 2.66. The molecule has 0 aliphatic heterocycles. The van der Waals surface area contributed by atoms with Crippen molar-refractivity contribution < 1.29 is 23.1 Å². The van der Waals surface area contributed by atoms with E-state index in [2.05, 4.69) is 14.9 Å². The average molecular weight is 354 g/mol. The summed E-state index contributed by atoms with van der Waals surface area (Å²) in [6, 6.07) is 5.84. The molecule has 4 rings (SSSR count). The Morgan fingerprint density at radius 2 is 1.81 bits per heavy atom. The third-order valence-electron chi connectivity index (χ3n) is 3.89. The van der Waals surface area contributed by atoms with Gasteiger partial charge in [-0.05, 0) is 18.2 Å². The van der Waals surface area contributed by atoms with Crippen molar-refractivity contribution in [1.29, 1.82) is 0 Å². The number of carbonyl (C=O) groups excluding carboxylic acids is 1. The molecule has 0 aliphatic rings. The summed E-state index contributed by atoms with van der Waals surface area (Å²) in [4.78, 5) is 35.6. The van der Waals surface area contributed by atoms with Crippen molar-refractivity contribution in [2.45, 2.75) is 0 Å². The summed E-state index contributed by atoms with van der Waals surface area (Å²) in [6.45, 7) is 0. The maximum absolute atomic E-state index is 12.3. The number of aromatic nitrogens is 2. The first kappa shape index (κ1) is 15.8. The summed E-state index contributed by atoms with van der Waals surface area (Å²) in [5, 5.41) is 8.78. The van der Waals surface area contributed by atoms with Gasteiger partial charge in [-0.25, -0.2) is 14.4 Å². The Balaban J connectivity index is 2.24. The highest BCUT2D eigenvalue weighted by Crippen LogP contribution is 2.36. The lowest BCUT2D eigenvalue weighted by Gasteiger charge is -2.09. The Morgan fingerprint density at radius 3 is 2.54 bits per heavy atom. The number of carbonyl (C=O) groups is 1. The second-order valence-corrected chi connectivity index (χ2v) is 5.33. The van der Waals surface area contributed by atoms with Crippen LogP contribution in [0.3, 0.4) is 0 Å². The SMILES string of the molecule is COC(=O)c1cc2c(nn1)c(=O)oc1c(OC)c3oc(=O)ccc3cc12. The molecule has 0 aliphatic carbocycles. The molecule has 4 aromatic rings. The predicted octanol–water partition coefficient (Wildman–Crippen LogP) is 1.64. The number of nitrogens with zero attached hydrogens (tertiary/aromatic N) is 2. The van der Waals surface area contributed by atoms with Gasteiger partial charge < -0.3 is 18.3 Å². The van der Waals surface area contributed by atoms with Crippen LogP contribution in [-0.4, -0.2) is 30.4 Å². The van der Waals surface area contributed by atoms with Crippen molar-refractivity contribution in [3.8, 4) is 5.75 Å². The molecule has 3 heterocycles. The largest absolute Gasteiger partial charge is 0.490 e. The van der Waals surface area contributed by atoms with Gasteiger partial charge in [-0.15, -0.1) is 10.2 Å². The number of fused-ring (bicyclic) bond motifs is 4. The molecule has 0 amide bonds. The van der Waals surface area contributed by atoms with Crippen molar-refractivity contribution in [3.63, 3.8) is 0 Å². The van der Waals surface area contributed by atoms with Crippen molar-refractivity contribution in [1.82, 2.24) is 10.2 Å². The van der Waals surface area contributed by atoms with Crippen LogP contribution in [0.2, 0.25) is 0 Å². The van der Waals surface area contributed by atoms with Crippen LogP contribution in [0.15, 0.2) is 42.7 Å². The maximum atomic E-state index is 12.3. The molecule has 130 valence electrons. The molecular weight excluding hydrogens is 344 g/mol. The minimum absolute atomic E-state index is 0.0519. The van der Waals surface area contributed by atoms with E-state index in [1.54, 1.807) is 12.1 Å². The number of benzene rings is 1. The van der Waals surface area contributed by atoms with Gasteiger partial charge in [-0.1, -0.05) is 0 Å². The Hall–Kier alpha value is -3.75. The van der Waals surface area contributed by atoms with Gasteiger partial charge >= 0.3 is 17.2 Å². The Kier molecular flexibility index (Phi) is 3.43. The van der Waals surface area contributed by atoms with Crippen LogP contribution in [0, 0.1) is 0 Å². The fourth-order valence-electron chi connectivity index (χ4n) is 2.74.